The summed E-state index contributed by atoms with van der Waals surface area (Å²) in [6, 6.07) is 9.03. The Bertz CT molecular complexity index is 1220. The number of anilines is 1. The van der Waals surface area contributed by atoms with Gasteiger partial charge < -0.3 is 25.2 Å². The van der Waals surface area contributed by atoms with Crippen LogP contribution in [0.25, 0.3) is 5.95 Å². The summed E-state index contributed by atoms with van der Waals surface area (Å²) < 4.78 is 6.95. The first-order valence-electron chi connectivity index (χ1n) is 12.7. The lowest BCUT2D eigenvalue weighted by Crippen LogP contribution is -2.58. The number of carbonyl (C=O) groups excluding carboxylic acids is 2. The van der Waals surface area contributed by atoms with Gasteiger partial charge >= 0.3 is 6.03 Å². The molecule has 0 spiro atoms. The number of rotatable bonds is 10. The van der Waals surface area contributed by atoms with Crippen LogP contribution in [0.3, 0.4) is 0 Å². The van der Waals surface area contributed by atoms with Gasteiger partial charge in [0.1, 0.15) is 23.0 Å². The van der Waals surface area contributed by atoms with Crippen LogP contribution in [0.15, 0.2) is 49.1 Å². The van der Waals surface area contributed by atoms with Crippen LogP contribution in [0.5, 0.6) is 5.75 Å². The summed E-state index contributed by atoms with van der Waals surface area (Å²) >= 11 is 6.35. The zero-order valence-electron chi connectivity index (χ0n) is 21.6. The van der Waals surface area contributed by atoms with Gasteiger partial charge in [0.05, 0.1) is 13.2 Å². The highest BCUT2D eigenvalue weighted by Crippen LogP contribution is 2.24. The minimum atomic E-state index is -0.297. The van der Waals surface area contributed by atoms with E-state index < -0.39 is 0 Å². The average molecular weight is 541 g/mol. The lowest BCUT2D eigenvalue weighted by Gasteiger charge is -2.42. The maximum Gasteiger partial charge on any atom is 0.317 e. The van der Waals surface area contributed by atoms with Gasteiger partial charge in [0.2, 0.25) is 11.9 Å². The Hall–Kier alpha value is -3.86. The van der Waals surface area contributed by atoms with Crippen LogP contribution in [0.2, 0.25) is 5.15 Å². The monoisotopic (exact) mass is 540 g/mol. The number of benzene rings is 1. The second kappa shape index (κ2) is 13.1. The standard InChI is InChI=1S/C26H33ClN8O3/c1-3-8-30-26(37)33-12-13-35(23-16-22(27)31-25(32-23)34-11-10-28-18-34)20(17-33)15-24(36)29-9-7-19-5-4-6-21(14-19)38-2/h4-6,10-11,14,16,18,20H,3,7-9,12-13,15,17H2,1-2H3,(H,29,36)(H,30,37). The van der Waals surface area contributed by atoms with Gasteiger partial charge in [-0.1, -0.05) is 30.7 Å². The van der Waals surface area contributed by atoms with Crippen LogP contribution in [0.4, 0.5) is 10.6 Å². The molecule has 1 atom stereocenters. The molecular weight excluding hydrogens is 508 g/mol. The zero-order chi connectivity index (χ0) is 26.9. The van der Waals surface area contributed by atoms with Gasteiger partial charge in [-0.15, -0.1) is 0 Å². The molecule has 0 bridgehead atoms. The predicted molar refractivity (Wildman–Crippen MR) is 145 cm³/mol. The summed E-state index contributed by atoms with van der Waals surface area (Å²) in [6.07, 6.45) is 6.69. The molecule has 2 aromatic heterocycles. The molecular formula is C26H33ClN8O3. The smallest absolute Gasteiger partial charge is 0.317 e. The van der Waals surface area contributed by atoms with Gasteiger partial charge in [-0.2, -0.15) is 4.98 Å². The summed E-state index contributed by atoms with van der Waals surface area (Å²) in [5.41, 5.74) is 1.07. The number of ether oxygens (including phenoxy) is 1. The molecule has 1 aliphatic rings. The second-order valence-electron chi connectivity index (χ2n) is 9.00. The Morgan fingerprint density at radius 3 is 2.79 bits per heavy atom. The number of aromatic nitrogens is 4. The van der Waals surface area contributed by atoms with Crippen LogP contribution >= 0.6 is 11.6 Å². The fourth-order valence-electron chi connectivity index (χ4n) is 4.35. The van der Waals surface area contributed by atoms with Gasteiger partial charge in [0, 0.05) is 57.6 Å². The Labute approximate surface area is 227 Å². The van der Waals surface area contributed by atoms with E-state index in [1.807, 2.05) is 36.1 Å². The van der Waals surface area contributed by atoms with Gasteiger partial charge in [0.25, 0.3) is 0 Å². The van der Waals surface area contributed by atoms with Crippen molar-refractivity contribution in [2.24, 2.45) is 0 Å². The minimum absolute atomic E-state index is 0.103. The molecule has 1 unspecified atom stereocenters. The van der Waals surface area contributed by atoms with E-state index in [4.69, 9.17) is 16.3 Å². The second-order valence-corrected chi connectivity index (χ2v) is 9.39. The first-order valence-corrected chi connectivity index (χ1v) is 13.1. The van der Waals surface area contributed by atoms with Crippen molar-refractivity contribution < 1.29 is 14.3 Å². The van der Waals surface area contributed by atoms with E-state index >= 15 is 0 Å². The van der Waals surface area contributed by atoms with Gasteiger partial charge in [-0.05, 0) is 30.5 Å². The van der Waals surface area contributed by atoms with E-state index in [1.165, 1.54) is 0 Å². The highest BCUT2D eigenvalue weighted by Gasteiger charge is 2.32. The van der Waals surface area contributed by atoms with Crippen LogP contribution in [0, 0.1) is 0 Å². The molecule has 202 valence electrons. The van der Waals surface area contributed by atoms with Crippen molar-refractivity contribution in [3.63, 3.8) is 0 Å². The van der Waals surface area contributed by atoms with E-state index in [1.54, 1.807) is 41.4 Å². The third-order valence-electron chi connectivity index (χ3n) is 6.29. The third-order valence-corrected chi connectivity index (χ3v) is 6.48. The van der Waals surface area contributed by atoms with E-state index in [0.29, 0.717) is 50.9 Å². The number of halogens is 1. The Morgan fingerprint density at radius 1 is 1.16 bits per heavy atom. The van der Waals surface area contributed by atoms with Crippen molar-refractivity contribution in [1.82, 2.24) is 35.1 Å². The SMILES string of the molecule is CCCNC(=O)N1CCN(c2cc(Cl)nc(-n3ccnc3)n2)C(CC(=O)NCCc2cccc(OC)c2)C1. The molecule has 11 nitrogen and oxygen atoms in total. The molecule has 38 heavy (non-hydrogen) atoms. The molecule has 12 heteroatoms. The first kappa shape index (κ1) is 27.2. The number of imidazole rings is 1. The van der Waals surface area contributed by atoms with Crippen LogP contribution in [-0.4, -0.2) is 82.2 Å². The van der Waals surface area contributed by atoms with Crippen molar-refractivity contribution in [2.45, 2.75) is 32.2 Å². The zero-order valence-corrected chi connectivity index (χ0v) is 22.4. The van der Waals surface area contributed by atoms with Gasteiger partial charge in [0.15, 0.2) is 0 Å². The highest BCUT2D eigenvalue weighted by atomic mass is 35.5. The van der Waals surface area contributed by atoms with Crippen molar-refractivity contribution in [1.29, 1.82) is 0 Å². The van der Waals surface area contributed by atoms with E-state index in [-0.39, 0.29) is 29.6 Å². The Morgan fingerprint density at radius 2 is 2.03 bits per heavy atom. The number of hydrogen-bond donors (Lipinski definition) is 2. The van der Waals surface area contributed by atoms with Gasteiger partial charge in [-0.25, -0.2) is 14.8 Å². The molecule has 1 saturated heterocycles. The van der Waals surface area contributed by atoms with Crippen molar-refractivity contribution in [3.8, 4) is 11.7 Å². The van der Waals surface area contributed by atoms with Gasteiger partial charge in [-0.3, -0.25) is 9.36 Å². The number of nitrogens with zero attached hydrogens (tertiary/aromatic N) is 6. The number of methoxy groups -OCH3 is 1. The molecule has 1 aliphatic heterocycles. The number of carbonyl (C=O) groups is 2. The van der Waals surface area contributed by atoms with Crippen LogP contribution < -0.4 is 20.3 Å². The average Bonchev–Trinajstić information content (AvgIpc) is 3.47. The van der Waals surface area contributed by atoms with Crippen molar-refractivity contribution in [3.05, 3.63) is 59.8 Å². The highest BCUT2D eigenvalue weighted by molar-refractivity contribution is 6.29. The minimum Gasteiger partial charge on any atom is -0.497 e. The number of piperazine rings is 1. The molecule has 1 aromatic carbocycles. The maximum atomic E-state index is 13.0. The molecule has 0 saturated carbocycles. The van der Waals surface area contributed by atoms with Crippen molar-refractivity contribution >= 4 is 29.4 Å². The summed E-state index contributed by atoms with van der Waals surface area (Å²) in [7, 11) is 1.63. The molecule has 0 aliphatic carbocycles. The summed E-state index contributed by atoms with van der Waals surface area (Å²) in [6.45, 7) is 4.46. The number of amides is 3. The van der Waals surface area contributed by atoms with Crippen LogP contribution in [-0.2, 0) is 11.2 Å². The first-order chi connectivity index (χ1) is 18.5. The molecule has 1 fully saturated rings. The predicted octanol–water partition coefficient (Wildman–Crippen LogP) is 2.68. The quantitative estimate of drug-likeness (QED) is 0.380. The fourth-order valence-corrected chi connectivity index (χ4v) is 4.53. The van der Waals surface area contributed by atoms with E-state index in [2.05, 4.69) is 25.6 Å². The largest absolute Gasteiger partial charge is 0.497 e. The molecule has 3 aromatic rings. The molecule has 2 N–H and O–H groups in total. The lowest BCUT2D eigenvalue weighted by atomic mass is 10.1. The Kier molecular flexibility index (Phi) is 9.36. The molecule has 0 radical (unpaired) electrons. The number of hydrogen-bond acceptors (Lipinski definition) is 7. The number of urea groups is 1. The summed E-state index contributed by atoms with van der Waals surface area (Å²) in [5.74, 6) is 1.66. The van der Waals surface area contributed by atoms with E-state index in [0.717, 1.165) is 17.7 Å². The maximum absolute atomic E-state index is 13.0. The van der Waals surface area contributed by atoms with Crippen molar-refractivity contribution in [2.75, 3.05) is 44.7 Å². The topological polar surface area (TPSA) is 118 Å². The molecule has 4 rings (SSSR count). The van der Waals surface area contributed by atoms with E-state index in [9.17, 15) is 9.59 Å². The summed E-state index contributed by atoms with van der Waals surface area (Å²) in [4.78, 5) is 42.5. The molecule has 3 heterocycles. The molecule has 3 amide bonds. The number of nitrogens with one attached hydrogen (secondary N) is 2. The Balaban J connectivity index is 1.47. The fraction of sp³-hybridized carbons (Fsp3) is 0.423. The van der Waals surface area contributed by atoms with Crippen LogP contribution in [0.1, 0.15) is 25.3 Å². The summed E-state index contributed by atoms with van der Waals surface area (Å²) in [5, 5.41) is 6.23. The lowest BCUT2D eigenvalue weighted by molar-refractivity contribution is -0.121. The third kappa shape index (κ3) is 7.12. The normalized spacial score (nSPS) is 15.3.